The van der Waals surface area contributed by atoms with Gasteiger partial charge in [-0.1, -0.05) is 18.2 Å². The van der Waals surface area contributed by atoms with E-state index in [4.69, 9.17) is 10.5 Å². The summed E-state index contributed by atoms with van der Waals surface area (Å²) in [5.74, 6) is 0.395. The molecule has 4 rings (SSSR count). The van der Waals surface area contributed by atoms with Crippen LogP contribution in [0.4, 0.5) is 20.3 Å². The standard InChI is InChI=1S/C18H17F2N5O/c1-22-16-14(9-4-2-3-5-13(9)26-18(19)20)10-6-7-12-11(8-23-25-12)15(10)24-17(16)21/h2-5,8,18,22H,6-7H2,1H3,(H2,21,24)(H,23,25). The summed E-state index contributed by atoms with van der Waals surface area (Å²) >= 11 is 0. The van der Waals surface area contributed by atoms with Crippen molar-refractivity contribution in [1.29, 1.82) is 0 Å². The number of para-hydroxylation sites is 1. The van der Waals surface area contributed by atoms with E-state index in [-0.39, 0.29) is 5.75 Å². The number of nitrogens with zero attached hydrogens (tertiary/aromatic N) is 2. The SMILES string of the molecule is CNc1c(N)nc2c(c1-c1ccccc1OC(F)F)CCc1[nH]ncc1-2. The summed E-state index contributed by atoms with van der Waals surface area (Å²) in [5, 5.41) is 10.1. The van der Waals surface area contributed by atoms with Crippen molar-refractivity contribution in [3.8, 4) is 28.1 Å². The molecule has 0 fully saturated rings. The summed E-state index contributed by atoms with van der Waals surface area (Å²) in [6.07, 6.45) is 3.15. The van der Waals surface area contributed by atoms with Gasteiger partial charge >= 0.3 is 6.61 Å². The Balaban J connectivity index is 2.01. The number of nitrogens with two attached hydrogens (primary N) is 1. The lowest BCUT2D eigenvalue weighted by Crippen LogP contribution is -2.12. The minimum atomic E-state index is -2.91. The molecule has 26 heavy (non-hydrogen) atoms. The lowest BCUT2D eigenvalue weighted by molar-refractivity contribution is -0.0494. The zero-order valence-corrected chi connectivity index (χ0v) is 14.0. The maximum Gasteiger partial charge on any atom is 0.387 e. The Kier molecular flexibility index (Phi) is 3.95. The minimum Gasteiger partial charge on any atom is -0.434 e. The zero-order chi connectivity index (χ0) is 18.3. The molecule has 8 heteroatoms. The number of halogens is 2. The number of fused-ring (bicyclic) bond motifs is 3. The summed E-state index contributed by atoms with van der Waals surface area (Å²) in [7, 11) is 1.73. The fourth-order valence-electron chi connectivity index (χ4n) is 3.49. The average Bonchev–Trinajstić information content (AvgIpc) is 3.10. The molecule has 0 aliphatic heterocycles. The van der Waals surface area contributed by atoms with Crippen molar-refractivity contribution in [1.82, 2.24) is 15.2 Å². The summed E-state index contributed by atoms with van der Waals surface area (Å²) in [4.78, 5) is 4.54. The van der Waals surface area contributed by atoms with E-state index >= 15 is 0 Å². The molecule has 1 aliphatic carbocycles. The van der Waals surface area contributed by atoms with Crippen molar-refractivity contribution < 1.29 is 13.5 Å². The molecule has 0 amide bonds. The third-order valence-corrected chi connectivity index (χ3v) is 4.55. The van der Waals surface area contributed by atoms with E-state index in [9.17, 15) is 8.78 Å². The lowest BCUT2D eigenvalue weighted by atomic mass is 9.87. The fourth-order valence-corrected chi connectivity index (χ4v) is 3.49. The van der Waals surface area contributed by atoms with Crippen molar-refractivity contribution in [2.24, 2.45) is 0 Å². The number of hydrogen-bond acceptors (Lipinski definition) is 5. The highest BCUT2D eigenvalue weighted by molar-refractivity contribution is 5.93. The van der Waals surface area contributed by atoms with Gasteiger partial charge in [0.25, 0.3) is 0 Å². The molecule has 0 unspecified atom stereocenters. The number of nitrogens with one attached hydrogen (secondary N) is 2. The Morgan fingerprint density at radius 1 is 1.23 bits per heavy atom. The number of benzene rings is 1. The van der Waals surface area contributed by atoms with E-state index in [1.165, 1.54) is 6.07 Å². The van der Waals surface area contributed by atoms with Crippen LogP contribution < -0.4 is 15.8 Å². The molecule has 3 aromatic rings. The third kappa shape index (κ3) is 2.54. The van der Waals surface area contributed by atoms with Gasteiger partial charge in [-0.15, -0.1) is 0 Å². The maximum absolute atomic E-state index is 12.9. The van der Waals surface area contributed by atoms with Gasteiger partial charge in [0.05, 0.1) is 17.6 Å². The minimum absolute atomic E-state index is 0.102. The number of hydrogen-bond donors (Lipinski definition) is 3. The first-order chi connectivity index (χ1) is 12.6. The topological polar surface area (TPSA) is 88.9 Å². The molecular weight excluding hydrogens is 340 g/mol. The quantitative estimate of drug-likeness (QED) is 0.665. The van der Waals surface area contributed by atoms with Crippen LogP contribution in [0.25, 0.3) is 22.4 Å². The van der Waals surface area contributed by atoms with Gasteiger partial charge in [0, 0.05) is 29.4 Å². The average molecular weight is 357 g/mol. The molecule has 4 N–H and O–H groups in total. The molecule has 2 heterocycles. The van der Waals surface area contributed by atoms with Crippen LogP contribution in [0.15, 0.2) is 30.5 Å². The molecule has 0 saturated carbocycles. The van der Waals surface area contributed by atoms with E-state index in [1.807, 2.05) is 0 Å². The van der Waals surface area contributed by atoms with Crippen molar-refractivity contribution in [3.05, 3.63) is 41.7 Å². The smallest absolute Gasteiger partial charge is 0.387 e. The second-order valence-corrected chi connectivity index (χ2v) is 5.96. The molecule has 0 bridgehead atoms. The maximum atomic E-state index is 12.9. The Hall–Kier alpha value is -3.16. The number of aromatic amines is 1. The third-order valence-electron chi connectivity index (χ3n) is 4.55. The van der Waals surface area contributed by atoms with Gasteiger partial charge in [0.2, 0.25) is 0 Å². The first-order valence-electron chi connectivity index (χ1n) is 8.17. The molecule has 6 nitrogen and oxygen atoms in total. The van der Waals surface area contributed by atoms with Crippen molar-refractivity contribution in [2.75, 3.05) is 18.1 Å². The second kappa shape index (κ2) is 6.29. The highest BCUT2D eigenvalue weighted by atomic mass is 19.3. The van der Waals surface area contributed by atoms with Crippen LogP contribution >= 0.6 is 0 Å². The van der Waals surface area contributed by atoms with Gasteiger partial charge in [-0.2, -0.15) is 13.9 Å². The summed E-state index contributed by atoms with van der Waals surface area (Å²) < 4.78 is 30.5. The summed E-state index contributed by atoms with van der Waals surface area (Å²) in [6, 6.07) is 6.71. The van der Waals surface area contributed by atoms with Crippen LogP contribution in [0, 0.1) is 0 Å². The Bertz CT molecular complexity index is 970. The number of nitrogen functional groups attached to an aromatic ring is 1. The van der Waals surface area contributed by atoms with E-state index in [0.717, 1.165) is 34.5 Å². The van der Waals surface area contributed by atoms with Gasteiger partial charge < -0.3 is 15.8 Å². The number of aryl methyl sites for hydroxylation is 1. The first-order valence-corrected chi connectivity index (χ1v) is 8.17. The number of H-pyrrole nitrogens is 1. The van der Waals surface area contributed by atoms with Gasteiger partial charge in [0.1, 0.15) is 11.6 Å². The molecule has 2 aromatic heterocycles. The zero-order valence-electron chi connectivity index (χ0n) is 14.0. The number of alkyl halides is 2. The number of rotatable bonds is 4. The van der Waals surface area contributed by atoms with E-state index in [1.54, 1.807) is 31.4 Å². The van der Waals surface area contributed by atoms with Crippen molar-refractivity contribution >= 4 is 11.5 Å². The monoisotopic (exact) mass is 357 g/mol. The van der Waals surface area contributed by atoms with Gasteiger partial charge in [-0.25, -0.2) is 4.98 Å². The van der Waals surface area contributed by atoms with Crippen LogP contribution in [-0.4, -0.2) is 28.8 Å². The van der Waals surface area contributed by atoms with Crippen molar-refractivity contribution in [3.63, 3.8) is 0 Å². The molecule has 1 aromatic carbocycles. The van der Waals surface area contributed by atoms with Gasteiger partial charge in [0.15, 0.2) is 0 Å². The molecule has 1 aliphatic rings. The molecule has 0 saturated heterocycles. The second-order valence-electron chi connectivity index (χ2n) is 5.96. The Morgan fingerprint density at radius 2 is 2.04 bits per heavy atom. The van der Waals surface area contributed by atoms with Crippen LogP contribution in [0.3, 0.4) is 0 Å². The number of anilines is 2. The lowest BCUT2D eigenvalue weighted by Gasteiger charge is -2.24. The number of ether oxygens (including phenoxy) is 1. The Morgan fingerprint density at radius 3 is 2.81 bits per heavy atom. The highest BCUT2D eigenvalue weighted by Gasteiger charge is 2.27. The van der Waals surface area contributed by atoms with Crippen LogP contribution in [0.5, 0.6) is 5.75 Å². The molecule has 0 spiro atoms. The predicted molar refractivity (Wildman–Crippen MR) is 95.3 cm³/mol. The summed E-state index contributed by atoms with van der Waals surface area (Å²) in [6.45, 7) is -2.91. The van der Waals surface area contributed by atoms with Crippen LogP contribution in [0.1, 0.15) is 11.3 Å². The molecular formula is C18H17F2N5O. The first kappa shape index (κ1) is 16.3. The molecule has 0 atom stereocenters. The molecule has 0 radical (unpaired) electrons. The van der Waals surface area contributed by atoms with E-state index < -0.39 is 6.61 Å². The van der Waals surface area contributed by atoms with Crippen molar-refractivity contribution in [2.45, 2.75) is 19.5 Å². The van der Waals surface area contributed by atoms with Gasteiger partial charge in [-0.05, 0) is 24.5 Å². The fraction of sp³-hybridized carbons (Fsp3) is 0.222. The Labute approximate surface area is 148 Å². The van der Waals surface area contributed by atoms with E-state index in [0.29, 0.717) is 23.5 Å². The van der Waals surface area contributed by atoms with E-state index in [2.05, 4.69) is 20.5 Å². The predicted octanol–water partition coefficient (Wildman–Crippen LogP) is 3.46. The largest absolute Gasteiger partial charge is 0.434 e. The number of pyridine rings is 1. The number of aromatic nitrogens is 3. The highest BCUT2D eigenvalue weighted by Crippen LogP contribution is 2.45. The molecule has 134 valence electrons. The van der Waals surface area contributed by atoms with Gasteiger partial charge in [-0.3, -0.25) is 5.10 Å². The van der Waals surface area contributed by atoms with Crippen LogP contribution in [-0.2, 0) is 12.8 Å². The summed E-state index contributed by atoms with van der Waals surface area (Å²) in [5.41, 5.74) is 11.6. The van der Waals surface area contributed by atoms with Crippen LogP contribution in [0.2, 0.25) is 0 Å². The normalized spacial score (nSPS) is 12.6.